The van der Waals surface area contributed by atoms with Crippen LogP contribution < -0.4 is 5.32 Å². The van der Waals surface area contributed by atoms with Gasteiger partial charge in [0.05, 0.1) is 11.0 Å². The summed E-state index contributed by atoms with van der Waals surface area (Å²) in [5, 5.41) is 3.24. The summed E-state index contributed by atoms with van der Waals surface area (Å²) in [5.41, 5.74) is 0. The Morgan fingerprint density at radius 1 is 1.12 bits per heavy atom. The molecule has 17 heavy (non-hydrogen) atoms. The number of rotatable bonds is 6. The molecule has 0 bridgehead atoms. The Balaban J connectivity index is 2.34. The normalized spacial score (nSPS) is 20.7. The summed E-state index contributed by atoms with van der Waals surface area (Å²) in [6.45, 7) is 7.00. The van der Waals surface area contributed by atoms with Crippen molar-refractivity contribution in [3.63, 3.8) is 0 Å². The van der Waals surface area contributed by atoms with E-state index >= 15 is 0 Å². The van der Waals surface area contributed by atoms with Gasteiger partial charge >= 0.3 is 0 Å². The van der Waals surface area contributed by atoms with Gasteiger partial charge in [-0.2, -0.15) is 0 Å². The molecule has 1 aliphatic rings. The zero-order valence-corrected chi connectivity index (χ0v) is 12.2. The third kappa shape index (κ3) is 4.96. The number of sulfone groups is 1. The molecule has 4 heteroatoms. The van der Waals surface area contributed by atoms with Gasteiger partial charge in [0, 0.05) is 12.6 Å². The van der Waals surface area contributed by atoms with Crippen LogP contribution in [0.25, 0.3) is 0 Å². The first-order valence-corrected chi connectivity index (χ1v) is 8.60. The van der Waals surface area contributed by atoms with E-state index < -0.39 is 9.84 Å². The molecular formula is C13H27NO2S. The van der Waals surface area contributed by atoms with Gasteiger partial charge in [0.1, 0.15) is 0 Å². The van der Waals surface area contributed by atoms with Crippen LogP contribution in [0.15, 0.2) is 0 Å². The largest absolute Gasteiger partial charge is 0.313 e. The fourth-order valence-electron chi connectivity index (χ4n) is 2.26. The number of hydrogen-bond donors (Lipinski definition) is 1. The van der Waals surface area contributed by atoms with E-state index in [4.69, 9.17) is 0 Å². The zero-order chi connectivity index (χ0) is 12.9. The predicted molar refractivity (Wildman–Crippen MR) is 73.0 cm³/mol. The molecule has 0 spiro atoms. The molecule has 0 radical (unpaired) electrons. The van der Waals surface area contributed by atoms with E-state index in [9.17, 15) is 8.42 Å². The van der Waals surface area contributed by atoms with Gasteiger partial charge in [0.25, 0.3) is 0 Å². The van der Waals surface area contributed by atoms with Crippen LogP contribution in [0.3, 0.4) is 0 Å². The molecule has 1 N–H and O–H groups in total. The highest BCUT2D eigenvalue weighted by atomic mass is 32.2. The molecule has 0 aromatic carbocycles. The van der Waals surface area contributed by atoms with Gasteiger partial charge in [0.15, 0.2) is 9.84 Å². The highest BCUT2D eigenvalue weighted by Crippen LogP contribution is 2.23. The Labute approximate surface area is 106 Å². The summed E-state index contributed by atoms with van der Waals surface area (Å²) in [6, 6.07) is 0.386. The topological polar surface area (TPSA) is 46.2 Å². The molecule has 1 rings (SSSR count). The van der Waals surface area contributed by atoms with Gasteiger partial charge in [0.2, 0.25) is 0 Å². The summed E-state index contributed by atoms with van der Waals surface area (Å²) in [6.07, 6.45) is 5.12. The summed E-state index contributed by atoms with van der Waals surface area (Å²) in [7, 11) is -2.87. The van der Waals surface area contributed by atoms with Crippen LogP contribution in [0.2, 0.25) is 0 Å². The van der Waals surface area contributed by atoms with Crippen LogP contribution in [0.5, 0.6) is 0 Å². The van der Waals surface area contributed by atoms with Crippen molar-refractivity contribution in [1.82, 2.24) is 5.32 Å². The van der Waals surface area contributed by atoms with Crippen LogP contribution >= 0.6 is 0 Å². The van der Waals surface area contributed by atoms with Crippen molar-refractivity contribution >= 4 is 9.84 Å². The molecule has 0 aliphatic heterocycles. The van der Waals surface area contributed by atoms with Crippen molar-refractivity contribution in [3.05, 3.63) is 0 Å². The van der Waals surface area contributed by atoms with E-state index in [1.807, 2.05) is 0 Å². The molecule has 0 aromatic heterocycles. The van der Waals surface area contributed by atoms with Crippen LogP contribution in [0, 0.1) is 5.92 Å². The van der Waals surface area contributed by atoms with Crippen LogP contribution in [0.1, 0.15) is 52.9 Å². The van der Waals surface area contributed by atoms with E-state index in [1.165, 1.54) is 6.42 Å². The molecule has 0 amide bonds. The molecule has 0 saturated heterocycles. The third-order valence-corrected chi connectivity index (χ3v) is 6.17. The van der Waals surface area contributed by atoms with Gasteiger partial charge < -0.3 is 5.32 Å². The predicted octanol–water partition coefficient (Wildman–Crippen LogP) is 2.37. The quantitative estimate of drug-likeness (QED) is 0.798. The second kappa shape index (κ2) is 6.74. The van der Waals surface area contributed by atoms with Gasteiger partial charge in [-0.3, -0.25) is 0 Å². The summed E-state index contributed by atoms with van der Waals surface area (Å²) in [4.78, 5) is 0. The Hall–Kier alpha value is -0.0900. The van der Waals surface area contributed by atoms with Gasteiger partial charge in [-0.05, 0) is 25.7 Å². The summed E-state index contributed by atoms with van der Waals surface area (Å²) >= 11 is 0. The fraction of sp³-hybridized carbons (Fsp3) is 1.00. The van der Waals surface area contributed by atoms with E-state index in [0.717, 1.165) is 25.7 Å². The van der Waals surface area contributed by atoms with Gasteiger partial charge in [-0.1, -0.05) is 33.1 Å². The molecule has 1 atom stereocenters. The molecular weight excluding hydrogens is 234 g/mol. The smallest absolute Gasteiger partial charge is 0.154 e. The van der Waals surface area contributed by atoms with Crippen molar-refractivity contribution in [2.45, 2.75) is 64.2 Å². The standard InChI is InChI=1S/C13H27NO2S/c1-11(2)12(3)14-9-10-17(15,16)13-7-5-4-6-8-13/h11-14H,4-10H2,1-3H3. The first-order chi connectivity index (χ1) is 7.93. The number of nitrogens with one attached hydrogen (secondary N) is 1. The monoisotopic (exact) mass is 261 g/mol. The number of hydrogen-bond acceptors (Lipinski definition) is 3. The highest BCUT2D eigenvalue weighted by Gasteiger charge is 2.26. The lowest BCUT2D eigenvalue weighted by molar-refractivity contribution is 0.434. The highest BCUT2D eigenvalue weighted by molar-refractivity contribution is 7.92. The second-order valence-corrected chi connectivity index (χ2v) is 8.01. The first kappa shape index (κ1) is 15.0. The Kier molecular flexibility index (Phi) is 5.93. The van der Waals surface area contributed by atoms with Gasteiger partial charge in [-0.25, -0.2) is 8.42 Å². The zero-order valence-electron chi connectivity index (χ0n) is 11.4. The summed E-state index contributed by atoms with van der Waals surface area (Å²) in [5.74, 6) is 0.849. The van der Waals surface area contributed by atoms with Crippen LogP contribution in [0.4, 0.5) is 0 Å². The summed E-state index contributed by atoms with van der Waals surface area (Å²) < 4.78 is 24.2. The maximum absolute atomic E-state index is 12.1. The maximum Gasteiger partial charge on any atom is 0.154 e. The Morgan fingerprint density at radius 3 is 2.24 bits per heavy atom. The van der Waals surface area contributed by atoms with Crippen LogP contribution in [-0.4, -0.2) is 32.0 Å². The Bertz CT molecular complexity index is 305. The minimum absolute atomic E-state index is 0.0626. The van der Waals surface area contributed by atoms with Crippen molar-refractivity contribution in [2.75, 3.05) is 12.3 Å². The molecule has 0 aromatic rings. The lowest BCUT2D eigenvalue weighted by Crippen LogP contribution is -2.37. The van der Waals surface area contributed by atoms with E-state index in [-0.39, 0.29) is 5.25 Å². The van der Waals surface area contributed by atoms with Gasteiger partial charge in [-0.15, -0.1) is 0 Å². The average Bonchev–Trinajstić information content (AvgIpc) is 2.29. The molecule has 1 unspecified atom stereocenters. The minimum atomic E-state index is -2.87. The fourth-order valence-corrected chi connectivity index (χ4v) is 4.04. The van der Waals surface area contributed by atoms with Crippen molar-refractivity contribution in [3.8, 4) is 0 Å². The molecule has 3 nitrogen and oxygen atoms in total. The van der Waals surface area contributed by atoms with Crippen molar-refractivity contribution in [2.24, 2.45) is 5.92 Å². The van der Waals surface area contributed by atoms with E-state index in [1.54, 1.807) is 0 Å². The molecule has 1 saturated carbocycles. The maximum atomic E-state index is 12.1. The van der Waals surface area contributed by atoms with E-state index in [0.29, 0.717) is 24.3 Å². The first-order valence-electron chi connectivity index (χ1n) is 6.88. The SMILES string of the molecule is CC(C)C(C)NCCS(=O)(=O)C1CCCCC1. The van der Waals surface area contributed by atoms with Crippen molar-refractivity contribution in [1.29, 1.82) is 0 Å². The average molecular weight is 261 g/mol. The second-order valence-electron chi connectivity index (χ2n) is 5.61. The molecule has 0 heterocycles. The van der Waals surface area contributed by atoms with Crippen LogP contribution in [-0.2, 0) is 9.84 Å². The van der Waals surface area contributed by atoms with Crippen molar-refractivity contribution < 1.29 is 8.42 Å². The van der Waals surface area contributed by atoms with E-state index in [2.05, 4.69) is 26.1 Å². The third-order valence-electron chi connectivity index (χ3n) is 3.91. The Morgan fingerprint density at radius 2 is 1.71 bits per heavy atom. The molecule has 102 valence electrons. The lowest BCUT2D eigenvalue weighted by Gasteiger charge is -2.23. The minimum Gasteiger partial charge on any atom is -0.313 e. The molecule has 1 fully saturated rings. The molecule has 1 aliphatic carbocycles. The lowest BCUT2D eigenvalue weighted by atomic mass is 10.0.